The predicted octanol–water partition coefficient (Wildman–Crippen LogP) is 4.57. The number of nitrogen functional groups attached to an aromatic ring is 1. The van der Waals surface area contributed by atoms with Crippen LogP contribution in [-0.2, 0) is 4.79 Å². The van der Waals surface area contributed by atoms with Gasteiger partial charge in [0.05, 0.1) is 8.95 Å². The summed E-state index contributed by atoms with van der Waals surface area (Å²) in [4.78, 5) is 11.9. The molecule has 0 atom stereocenters. The molecule has 0 aliphatic heterocycles. The van der Waals surface area contributed by atoms with Gasteiger partial charge in [-0.1, -0.05) is 22.0 Å². The molecule has 2 aromatic carbocycles. The fourth-order valence-corrected chi connectivity index (χ4v) is 3.47. The van der Waals surface area contributed by atoms with E-state index in [0.29, 0.717) is 26.1 Å². The molecule has 0 bridgehead atoms. The molecule has 2 aromatic rings. The van der Waals surface area contributed by atoms with Gasteiger partial charge in [0.15, 0.2) is 6.61 Å². The lowest BCUT2D eigenvalue weighted by Crippen LogP contribution is -2.20. The highest BCUT2D eigenvalue weighted by Gasteiger charge is 2.10. The number of amides is 1. The molecule has 0 spiro atoms. The number of benzene rings is 2. The molecule has 0 saturated heterocycles. The molecule has 1 amide bonds. The zero-order valence-corrected chi connectivity index (χ0v) is 15.5. The molecule has 7 heteroatoms. The maximum atomic E-state index is 11.9. The van der Waals surface area contributed by atoms with Crippen LogP contribution in [0.2, 0.25) is 0 Å². The van der Waals surface area contributed by atoms with Gasteiger partial charge in [-0.2, -0.15) is 0 Å². The van der Waals surface area contributed by atoms with Crippen LogP contribution in [0.15, 0.2) is 49.8 Å². The summed E-state index contributed by atoms with van der Waals surface area (Å²) < 4.78 is 7.78. The first-order valence-corrected chi connectivity index (χ1v) is 8.26. The van der Waals surface area contributed by atoms with E-state index in [1.54, 1.807) is 18.2 Å². The number of carbonyl (C=O) groups is 1. The highest BCUT2D eigenvalue weighted by molar-refractivity contribution is 9.11. The third-order valence-corrected chi connectivity index (χ3v) is 4.15. The number of nitrogens with two attached hydrogens (primary N) is 1. The summed E-state index contributed by atoms with van der Waals surface area (Å²) in [7, 11) is 0. The standard InChI is InChI=1S/C14H11Br3N2O2/c15-8-2-1-3-10(4-8)19-13(20)7-21-14-11(16)5-9(18)6-12(14)17/h1-6H,7,18H2,(H,19,20). The Labute approximate surface area is 147 Å². The second-order valence-corrected chi connectivity index (χ2v) is 6.79. The van der Waals surface area contributed by atoms with Crippen LogP contribution in [0, 0.1) is 0 Å². The molecule has 0 heterocycles. The lowest BCUT2D eigenvalue weighted by atomic mass is 10.3. The van der Waals surface area contributed by atoms with Crippen molar-refractivity contribution in [3.05, 3.63) is 49.8 Å². The van der Waals surface area contributed by atoms with Gasteiger partial charge in [-0.25, -0.2) is 0 Å². The lowest BCUT2D eigenvalue weighted by Gasteiger charge is -2.11. The highest BCUT2D eigenvalue weighted by atomic mass is 79.9. The van der Waals surface area contributed by atoms with Crippen LogP contribution in [0.1, 0.15) is 0 Å². The molecule has 0 unspecified atom stereocenters. The molecule has 0 aliphatic carbocycles. The third-order valence-electron chi connectivity index (χ3n) is 2.48. The number of carbonyl (C=O) groups excluding carboxylic acids is 1. The summed E-state index contributed by atoms with van der Waals surface area (Å²) >= 11 is 10.0. The second-order valence-electron chi connectivity index (χ2n) is 4.16. The van der Waals surface area contributed by atoms with Gasteiger partial charge in [0.1, 0.15) is 5.75 Å². The molecule has 0 fully saturated rings. The first kappa shape index (κ1) is 16.3. The second kappa shape index (κ2) is 7.29. The minimum absolute atomic E-state index is 0.104. The van der Waals surface area contributed by atoms with E-state index in [2.05, 4.69) is 53.1 Å². The molecular weight excluding hydrogens is 468 g/mol. The van der Waals surface area contributed by atoms with E-state index in [4.69, 9.17) is 10.5 Å². The number of rotatable bonds is 4. The number of hydrogen-bond donors (Lipinski definition) is 2. The van der Waals surface area contributed by atoms with Crippen LogP contribution in [0.3, 0.4) is 0 Å². The fraction of sp³-hybridized carbons (Fsp3) is 0.0714. The van der Waals surface area contributed by atoms with Crippen molar-refractivity contribution in [2.24, 2.45) is 0 Å². The molecule has 0 aliphatic rings. The Morgan fingerprint density at radius 2 is 1.81 bits per heavy atom. The van der Waals surface area contributed by atoms with Crippen molar-refractivity contribution in [1.82, 2.24) is 0 Å². The smallest absolute Gasteiger partial charge is 0.262 e. The van der Waals surface area contributed by atoms with E-state index in [0.717, 1.165) is 4.47 Å². The van der Waals surface area contributed by atoms with Crippen molar-refractivity contribution in [1.29, 1.82) is 0 Å². The van der Waals surface area contributed by atoms with Gasteiger partial charge in [-0.05, 0) is 62.2 Å². The van der Waals surface area contributed by atoms with Crippen LogP contribution in [-0.4, -0.2) is 12.5 Å². The maximum Gasteiger partial charge on any atom is 0.262 e. The van der Waals surface area contributed by atoms with E-state index in [1.807, 2.05) is 18.2 Å². The summed E-state index contributed by atoms with van der Waals surface area (Å²) in [6.45, 7) is -0.104. The fourth-order valence-electron chi connectivity index (χ4n) is 1.62. The number of anilines is 2. The van der Waals surface area contributed by atoms with Gasteiger partial charge in [0.2, 0.25) is 0 Å². The molecule has 110 valence electrons. The van der Waals surface area contributed by atoms with Crippen molar-refractivity contribution >= 4 is 65.1 Å². The normalized spacial score (nSPS) is 10.2. The minimum atomic E-state index is -0.247. The topological polar surface area (TPSA) is 64.3 Å². The van der Waals surface area contributed by atoms with E-state index in [-0.39, 0.29) is 12.5 Å². The molecule has 3 N–H and O–H groups in total. The Morgan fingerprint density at radius 1 is 1.14 bits per heavy atom. The minimum Gasteiger partial charge on any atom is -0.481 e. The molecular formula is C14H11Br3N2O2. The van der Waals surface area contributed by atoms with E-state index in [1.165, 1.54) is 0 Å². The Bertz CT molecular complexity index is 654. The van der Waals surface area contributed by atoms with Crippen LogP contribution in [0.25, 0.3) is 0 Å². The molecule has 0 radical (unpaired) electrons. The number of hydrogen-bond acceptors (Lipinski definition) is 3. The van der Waals surface area contributed by atoms with Gasteiger partial charge in [0, 0.05) is 15.8 Å². The summed E-state index contributed by atoms with van der Waals surface area (Å²) in [6.07, 6.45) is 0. The summed E-state index contributed by atoms with van der Waals surface area (Å²) in [6, 6.07) is 10.8. The van der Waals surface area contributed by atoms with Crippen molar-refractivity contribution in [3.8, 4) is 5.75 Å². The first-order valence-electron chi connectivity index (χ1n) is 5.88. The van der Waals surface area contributed by atoms with Gasteiger partial charge in [0.25, 0.3) is 5.91 Å². The largest absolute Gasteiger partial charge is 0.481 e. The Kier molecular flexibility index (Phi) is 5.66. The number of halogens is 3. The van der Waals surface area contributed by atoms with Crippen LogP contribution in [0.5, 0.6) is 5.75 Å². The number of ether oxygens (including phenoxy) is 1. The van der Waals surface area contributed by atoms with E-state index in [9.17, 15) is 4.79 Å². The zero-order chi connectivity index (χ0) is 15.4. The average molecular weight is 479 g/mol. The van der Waals surface area contributed by atoms with Crippen molar-refractivity contribution in [2.75, 3.05) is 17.7 Å². The summed E-state index contributed by atoms with van der Waals surface area (Å²) in [5, 5.41) is 2.75. The lowest BCUT2D eigenvalue weighted by molar-refractivity contribution is -0.118. The van der Waals surface area contributed by atoms with Gasteiger partial charge < -0.3 is 15.8 Å². The summed E-state index contributed by atoms with van der Waals surface area (Å²) in [5.74, 6) is 0.289. The predicted molar refractivity (Wildman–Crippen MR) is 94.5 cm³/mol. The Balaban J connectivity index is 1.99. The Hall–Kier alpha value is -1.05. The summed E-state index contributed by atoms with van der Waals surface area (Å²) in [5.41, 5.74) is 7.00. The van der Waals surface area contributed by atoms with Crippen LogP contribution >= 0.6 is 47.8 Å². The average Bonchev–Trinajstić information content (AvgIpc) is 2.37. The molecule has 0 saturated carbocycles. The van der Waals surface area contributed by atoms with Gasteiger partial charge in [-0.3, -0.25) is 4.79 Å². The van der Waals surface area contributed by atoms with Crippen LogP contribution < -0.4 is 15.8 Å². The van der Waals surface area contributed by atoms with E-state index < -0.39 is 0 Å². The van der Waals surface area contributed by atoms with Crippen molar-refractivity contribution in [3.63, 3.8) is 0 Å². The Morgan fingerprint density at radius 3 is 2.43 bits per heavy atom. The third kappa shape index (κ3) is 4.72. The maximum absolute atomic E-state index is 11.9. The monoisotopic (exact) mass is 476 g/mol. The van der Waals surface area contributed by atoms with E-state index >= 15 is 0 Å². The zero-order valence-electron chi connectivity index (χ0n) is 10.7. The molecule has 21 heavy (non-hydrogen) atoms. The van der Waals surface area contributed by atoms with Gasteiger partial charge >= 0.3 is 0 Å². The van der Waals surface area contributed by atoms with Crippen molar-refractivity contribution in [2.45, 2.75) is 0 Å². The molecule has 0 aromatic heterocycles. The number of nitrogens with one attached hydrogen (secondary N) is 1. The quantitative estimate of drug-likeness (QED) is 0.632. The van der Waals surface area contributed by atoms with Crippen molar-refractivity contribution < 1.29 is 9.53 Å². The SMILES string of the molecule is Nc1cc(Br)c(OCC(=O)Nc2cccc(Br)c2)c(Br)c1. The molecule has 2 rings (SSSR count). The first-order chi connectivity index (χ1) is 9.95. The molecule has 4 nitrogen and oxygen atoms in total. The van der Waals surface area contributed by atoms with Gasteiger partial charge in [-0.15, -0.1) is 0 Å². The highest BCUT2D eigenvalue weighted by Crippen LogP contribution is 2.35. The van der Waals surface area contributed by atoms with Crippen LogP contribution in [0.4, 0.5) is 11.4 Å².